The average molecular weight is 1760 g/mol. The molecule has 3 fully saturated rings. The van der Waals surface area contributed by atoms with Crippen molar-refractivity contribution in [3.63, 3.8) is 0 Å². The van der Waals surface area contributed by atoms with Crippen molar-refractivity contribution >= 4 is 53.0 Å². The molecule has 4 aliphatic heterocycles. The summed E-state index contributed by atoms with van der Waals surface area (Å²) in [6.07, 6.45) is 14.7. The van der Waals surface area contributed by atoms with Gasteiger partial charge in [-0.05, 0) is 180 Å². The number of thioether (sulfide) groups is 1. The summed E-state index contributed by atoms with van der Waals surface area (Å²) in [6, 6.07) is 14.5. The van der Waals surface area contributed by atoms with Crippen molar-refractivity contribution in [2.24, 2.45) is 35.3 Å². The Labute approximate surface area is 737 Å². The summed E-state index contributed by atoms with van der Waals surface area (Å²) >= 11 is 1.61. The van der Waals surface area contributed by atoms with Crippen LogP contribution in [0, 0.1) is 36.5 Å². The number of alkyl carbamates (subject to hydrolysis) is 1. The van der Waals surface area contributed by atoms with Crippen molar-refractivity contribution in [3.8, 4) is 16.9 Å². The monoisotopic (exact) mass is 1760 g/mol. The van der Waals surface area contributed by atoms with Crippen molar-refractivity contribution in [2.45, 2.75) is 210 Å². The van der Waals surface area contributed by atoms with Crippen LogP contribution in [0.1, 0.15) is 153 Å². The number of methoxy groups -OCH3 is 2. The predicted molar refractivity (Wildman–Crippen MR) is 471 cm³/mol. The number of nitrogens with two attached hydrogens (primary N) is 2. The molecular weight excluding hydrogens is 1620 g/mol. The van der Waals surface area contributed by atoms with Gasteiger partial charge in [0.05, 0.1) is 149 Å². The fourth-order valence-corrected chi connectivity index (χ4v) is 17.0. The number of hydrogen-bond donors (Lipinski definition) is 7. The lowest BCUT2D eigenvalue weighted by molar-refractivity contribution is -0.265. The first-order chi connectivity index (χ1) is 59.8. The van der Waals surface area contributed by atoms with Crippen molar-refractivity contribution in [1.29, 1.82) is 0 Å². The summed E-state index contributed by atoms with van der Waals surface area (Å²) < 4.78 is 81.7. The van der Waals surface area contributed by atoms with Crippen molar-refractivity contribution < 1.29 is 110 Å². The molecule has 15 atom stereocenters. The topological polar surface area (TPSA) is 388 Å². The van der Waals surface area contributed by atoms with E-state index in [1.807, 2.05) is 112 Å². The molecule has 2 bridgehead atoms. The van der Waals surface area contributed by atoms with E-state index in [4.69, 9.17) is 77.8 Å². The quantitative estimate of drug-likeness (QED) is 0.0121. The number of piperidine rings is 1. The van der Waals surface area contributed by atoms with E-state index in [0.717, 1.165) is 44.9 Å². The number of aryl methyl sites for hydroxylation is 1. The van der Waals surface area contributed by atoms with Crippen LogP contribution in [0.4, 0.5) is 10.6 Å². The highest BCUT2D eigenvalue weighted by Gasteiger charge is 2.53. The molecular formula is C93H141N7O23S. The maximum absolute atomic E-state index is 14.5. The number of hydrogen-bond acceptors (Lipinski definition) is 27. The van der Waals surface area contributed by atoms with E-state index in [1.54, 1.807) is 59.0 Å². The highest BCUT2D eigenvalue weighted by Crippen LogP contribution is 2.39. The number of nitrogen functional groups attached to an aromatic ring is 1. The highest BCUT2D eigenvalue weighted by molar-refractivity contribution is 7.99. The zero-order valence-electron chi connectivity index (χ0n) is 74.5. The predicted octanol–water partition coefficient (Wildman–Crippen LogP) is 9.66. The van der Waals surface area contributed by atoms with Crippen molar-refractivity contribution in [3.05, 3.63) is 119 Å². The number of ketones is 2. The van der Waals surface area contributed by atoms with E-state index in [-0.39, 0.29) is 62.4 Å². The Morgan fingerprint density at radius 3 is 1.99 bits per heavy atom. The van der Waals surface area contributed by atoms with Gasteiger partial charge in [-0.2, -0.15) is 0 Å². The number of allylic oxidation sites excluding steroid dienone is 6. The second-order valence-electron chi connectivity index (χ2n) is 33.2. The highest BCUT2D eigenvalue weighted by atomic mass is 32.2. The molecule has 3 aromatic rings. The van der Waals surface area contributed by atoms with Crippen LogP contribution in [-0.4, -0.2) is 291 Å². The van der Waals surface area contributed by atoms with Gasteiger partial charge in [0.2, 0.25) is 11.7 Å². The van der Waals surface area contributed by atoms with Crippen LogP contribution in [-0.2, 0) is 87.3 Å². The normalized spacial score (nSPS) is 26.6. The lowest BCUT2D eigenvalue weighted by atomic mass is 9.80. The smallest absolute Gasteiger partial charge is 0.407 e. The standard InChI is InChI=1S/C93H141N7O23S/c1-63-15-11-10-12-16-65(3)82(110-8)59-75-23-19-69(7)93(109,123-75)89(105)91(107)100-33-14-13-17-74(100)62-121-80(26-18-64(2)54-68(6)87(103)88(104)86(102)67(5)53-63)78(94)56-70-20-27-81(83(57-70)111-9)122-92(108)97-31-36-113-39-41-115-43-45-117-47-49-119-51-50-118-48-46-116-44-42-114-40-38-112-35-30-85(101)96-32-52-124-76-24-25-77(66(4)55-76)90(106)99-34-37-120-79-28-21-71(58-73(79)61-99)72-22-29-84(95)98-60-72/h10-12,15-16,21-22,24-25,28-29,54-55,58,60,63-64,67,69-70,74-75,78,80-83,87-88,103-104,109H,13-14,17-20,23,26-27,30-53,56-57,59,61-62,94H2,1-9H3,(H2,95,98)(H,96,101)(H,97,108)/b12-10?,15-11+,65-16?,68-54+/t63-,64+,67-,69-,70?,74+,75+,78-,80+,81-,82+,83-,87-,88+,93-/m1/s1. The van der Waals surface area contributed by atoms with Crippen LogP contribution in [0.2, 0.25) is 0 Å². The first kappa shape index (κ1) is 102. The number of aliphatic hydroxyl groups is 3. The minimum Gasteiger partial charge on any atom is -0.491 e. The average Bonchev–Trinajstić information content (AvgIpc) is 0.788. The Kier molecular flexibility index (Phi) is 45.8. The van der Waals surface area contributed by atoms with Crippen LogP contribution < -0.4 is 26.8 Å². The molecule has 692 valence electrons. The zero-order valence-corrected chi connectivity index (χ0v) is 75.3. The van der Waals surface area contributed by atoms with Gasteiger partial charge in [0, 0.05) is 105 Å². The lowest BCUT2D eigenvalue weighted by Crippen LogP contribution is -2.60. The van der Waals surface area contributed by atoms with E-state index in [0.29, 0.717) is 225 Å². The molecule has 0 radical (unpaired) electrons. The molecule has 5 heterocycles. The molecule has 5 aliphatic rings. The van der Waals surface area contributed by atoms with E-state index >= 15 is 0 Å². The molecule has 30 nitrogen and oxygen atoms in total. The number of rotatable bonds is 39. The molecule has 2 aromatic carbocycles. The number of aromatic nitrogens is 1. The maximum Gasteiger partial charge on any atom is 0.407 e. The first-order valence-corrected chi connectivity index (χ1v) is 45.5. The fraction of sp³-hybridized carbons (Fsp3) is 0.667. The minimum atomic E-state index is -2.34. The molecule has 1 unspecified atom stereocenters. The Morgan fingerprint density at radius 2 is 1.34 bits per heavy atom. The number of pyridine rings is 1. The summed E-state index contributed by atoms with van der Waals surface area (Å²) in [6.45, 7) is 21.4. The molecule has 124 heavy (non-hydrogen) atoms. The largest absolute Gasteiger partial charge is 0.491 e. The van der Waals surface area contributed by atoms with Gasteiger partial charge in [-0.15, -0.1) is 11.8 Å². The second kappa shape index (κ2) is 55.6. The van der Waals surface area contributed by atoms with E-state index in [9.17, 15) is 44.1 Å². The molecule has 0 spiro atoms. The molecule has 8 rings (SSSR count). The number of aliphatic hydroxyl groups excluding tert-OH is 2. The van der Waals surface area contributed by atoms with Crippen molar-refractivity contribution in [1.82, 2.24) is 25.4 Å². The van der Waals surface area contributed by atoms with Crippen LogP contribution in [0.3, 0.4) is 0 Å². The molecule has 9 N–H and O–H groups in total. The zero-order chi connectivity index (χ0) is 89.2. The summed E-state index contributed by atoms with van der Waals surface area (Å²) in [4.78, 5) is 90.3. The van der Waals surface area contributed by atoms with Crippen LogP contribution in [0.25, 0.3) is 11.1 Å². The third-order valence-electron chi connectivity index (χ3n) is 23.5. The Bertz CT molecular complexity index is 3850. The van der Waals surface area contributed by atoms with Crippen LogP contribution in [0.15, 0.2) is 107 Å². The number of carbonyl (C=O) groups is 6. The Hall–Kier alpha value is -7.12. The number of anilines is 1. The number of ether oxygens (including phenoxy) is 14. The molecule has 1 aliphatic carbocycles. The van der Waals surface area contributed by atoms with E-state index < -0.39 is 96.0 Å². The first-order valence-electron chi connectivity index (χ1n) is 44.5. The Morgan fingerprint density at radius 1 is 0.669 bits per heavy atom. The summed E-state index contributed by atoms with van der Waals surface area (Å²) in [5.41, 5.74) is 18.7. The summed E-state index contributed by atoms with van der Waals surface area (Å²) in [5, 5.41) is 40.4. The van der Waals surface area contributed by atoms with Gasteiger partial charge in [-0.1, -0.05) is 70.2 Å². The number of nitrogens with zero attached hydrogens (tertiary/aromatic N) is 3. The number of fused-ring (bicyclic) bond motifs is 4. The summed E-state index contributed by atoms with van der Waals surface area (Å²) in [7, 11) is 3.19. The van der Waals surface area contributed by atoms with Crippen molar-refractivity contribution in [2.75, 3.05) is 171 Å². The third kappa shape index (κ3) is 34.5. The van der Waals surface area contributed by atoms with Gasteiger partial charge in [-0.3, -0.25) is 24.0 Å². The third-order valence-corrected chi connectivity index (χ3v) is 24.5. The van der Waals surface area contributed by atoms with Crippen LogP contribution >= 0.6 is 11.8 Å². The number of Topliss-reactive ketones (excluding diaryl/α,β-unsaturated/α-hetero) is 2. The lowest BCUT2D eigenvalue weighted by Gasteiger charge is -2.43. The molecule has 1 aromatic heterocycles. The molecule has 1 saturated carbocycles. The SMILES string of the molecule is CO[C@H]1C[C@@H]2CC[C@@H](C)[C@@](O)(O2)C(=O)C(=O)N2CCCC[C@H]2CO[C@H]([C@H](N)CC2CC[C@@H](OC(=O)NCCOCCOCCOCCOCCOCCOCCOCCOCCC(=O)NCCSc3ccc(C(=O)N4CCOc5ccc(-c6ccc(N)nc6)cc5C4)c(C)c3)[C@H](OC)C2)CC[C@H](C)/C=C(\C)[C@@H](O)[C@@H](O)C(=O)[C@H](C)C[C@H](C)/C=C/C=CC=C1C. The summed E-state index contributed by atoms with van der Waals surface area (Å²) in [5.74, 6) is -4.08. The second-order valence-corrected chi connectivity index (χ2v) is 34.4. The van der Waals surface area contributed by atoms with E-state index in [1.165, 1.54) is 4.90 Å². The van der Waals surface area contributed by atoms with Gasteiger partial charge < -0.3 is 114 Å². The number of benzene rings is 2. The fourth-order valence-electron chi connectivity index (χ4n) is 16.2. The Balaban J connectivity index is 0.621. The van der Waals surface area contributed by atoms with E-state index in [2.05, 4.69) is 15.6 Å². The van der Waals surface area contributed by atoms with Gasteiger partial charge in [0.15, 0.2) is 5.78 Å². The molecule has 2 saturated heterocycles. The number of amides is 4. The number of carbonyl (C=O) groups excluding carboxylic acids is 6. The van der Waals surface area contributed by atoms with Gasteiger partial charge >= 0.3 is 6.09 Å². The van der Waals surface area contributed by atoms with Gasteiger partial charge in [0.25, 0.3) is 17.6 Å². The maximum atomic E-state index is 14.5. The van der Waals surface area contributed by atoms with Gasteiger partial charge in [0.1, 0.15) is 36.5 Å². The molecule has 4 amide bonds. The minimum absolute atomic E-state index is 0.0108. The van der Waals surface area contributed by atoms with Crippen LogP contribution in [0.5, 0.6) is 5.75 Å². The van der Waals surface area contributed by atoms with Gasteiger partial charge in [-0.25, -0.2) is 9.78 Å². The molecule has 31 heteroatoms. The number of nitrogens with one attached hydrogen (secondary N) is 2.